The molecular weight excluding hydrogens is 224 g/mol. The Morgan fingerprint density at radius 1 is 1.22 bits per heavy atom. The summed E-state index contributed by atoms with van der Waals surface area (Å²) in [4.78, 5) is 2.39. The van der Waals surface area contributed by atoms with E-state index in [1.165, 1.54) is 24.1 Å². The van der Waals surface area contributed by atoms with E-state index in [1.807, 2.05) is 0 Å². The van der Waals surface area contributed by atoms with Crippen molar-refractivity contribution in [3.63, 3.8) is 0 Å². The number of ether oxygens (including phenoxy) is 1. The second-order valence-corrected chi connectivity index (χ2v) is 5.33. The molecule has 1 aromatic carbocycles. The minimum atomic E-state index is 0.409. The first kappa shape index (κ1) is 13.2. The van der Waals surface area contributed by atoms with Crippen LogP contribution in [-0.2, 0) is 0 Å². The van der Waals surface area contributed by atoms with Crippen molar-refractivity contribution in [3.05, 3.63) is 23.8 Å². The predicted molar refractivity (Wildman–Crippen MR) is 76.4 cm³/mol. The van der Waals surface area contributed by atoms with Gasteiger partial charge in [0, 0.05) is 24.8 Å². The molecule has 3 heteroatoms. The van der Waals surface area contributed by atoms with Crippen molar-refractivity contribution < 1.29 is 4.74 Å². The van der Waals surface area contributed by atoms with E-state index in [9.17, 15) is 0 Å². The molecule has 0 atom stereocenters. The Morgan fingerprint density at radius 3 is 2.44 bits per heavy atom. The lowest BCUT2D eigenvalue weighted by atomic mass is 9.90. The highest BCUT2D eigenvalue weighted by Crippen LogP contribution is 2.28. The van der Waals surface area contributed by atoms with E-state index in [4.69, 9.17) is 10.5 Å². The van der Waals surface area contributed by atoms with E-state index < -0.39 is 0 Å². The molecule has 0 aromatic heterocycles. The first-order chi connectivity index (χ1) is 8.61. The average Bonchev–Trinajstić information content (AvgIpc) is 2.38. The van der Waals surface area contributed by atoms with Crippen LogP contribution in [0.5, 0.6) is 5.75 Å². The summed E-state index contributed by atoms with van der Waals surface area (Å²) in [5, 5.41) is 0. The lowest BCUT2D eigenvalue weighted by Crippen LogP contribution is -2.38. The van der Waals surface area contributed by atoms with E-state index in [1.54, 1.807) is 7.11 Å². The number of methoxy groups -OCH3 is 1. The van der Waals surface area contributed by atoms with Gasteiger partial charge in [-0.2, -0.15) is 0 Å². The monoisotopic (exact) mass is 248 g/mol. The van der Waals surface area contributed by atoms with Gasteiger partial charge in [0.1, 0.15) is 5.75 Å². The molecule has 1 aliphatic carbocycles. The van der Waals surface area contributed by atoms with E-state index in [-0.39, 0.29) is 0 Å². The summed E-state index contributed by atoms with van der Waals surface area (Å²) < 4.78 is 5.30. The largest absolute Gasteiger partial charge is 0.496 e. The third-order valence-corrected chi connectivity index (χ3v) is 4.07. The number of nitrogens with two attached hydrogens (primary N) is 1. The SMILES string of the molecule is COc1ccc(N(C)C2CCC(N)CC2)cc1C. The number of benzene rings is 1. The van der Waals surface area contributed by atoms with Gasteiger partial charge in [0.2, 0.25) is 0 Å². The Hall–Kier alpha value is -1.22. The van der Waals surface area contributed by atoms with Crippen LogP contribution in [0.3, 0.4) is 0 Å². The third kappa shape index (κ3) is 2.78. The van der Waals surface area contributed by atoms with Gasteiger partial charge in [0.15, 0.2) is 0 Å². The van der Waals surface area contributed by atoms with Crippen molar-refractivity contribution in [2.45, 2.75) is 44.7 Å². The van der Waals surface area contributed by atoms with Crippen LogP contribution in [0.2, 0.25) is 0 Å². The summed E-state index contributed by atoms with van der Waals surface area (Å²) in [6, 6.07) is 7.42. The van der Waals surface area contributed by atoms with Crippen molar-refractivity contribution in [2.75, 3.05) is 19.1 Å². The van der Waals surface area contributed by atoms with E-state index in [2.05, 4.69) is 37.1 Å². The molecule has 1 aliphatic rings. The highest BCUT2D eigenvalue weighted by Gasteiger charge is 2.22. The summed E-state index contributed by atoms with van der Waals surface area (Å²) in [7, 11) is 3.90. The fourth-order valence-electron chi connectivity index (χ4n) is 2.78. The highest BCUT2D eigenvalue weighted by atomic mass is 16.5. The van der Waals surface area contributed by atoms with Gasteiger partial charge in [-0.3, -0.25) is 0 Å². The van der Waals surface area contributed by atoms with Crippen LogP contribution < -0.4 is 15.4 Å². The third-order valence-electron chi connectivity index (χ3n) is 4.07. The fraction of sp³-hybridized carbons (Fsp3) is 0.600. The maximum Gasteiger partial charge on any atom is 0.121 e. The second-order valence-electron chi connectivity index (χ2n) is 5.33. The van der Waals surface area contributed by atoms with Crippen LogP contribution in [0.25, 0.3) is 0 Å². The van der Waals surface area contributed by atoms with Crippen LogP contribution >= 0.6 is 0 Å². The molecule has 2 rings (SSSR count). The molecule has 1 fully saturated rings. The van der Waals surface area contributed by atoms with Gasteiger partial charge in [0.05, 0.1) is 7.11 Å². The zero-order chi connectivity index (χ0) is 13.1. The maximum atomic E-state index is 5.96. The number of hydrogen-bond acceptors (Lipinski definition) is 3. The maximum absolute atomic E-state index is 5.96. The van der Waals surface area contributed by atoms with Crippen LogP contribution in [0.15, 0.2) is 18.2 Å². The zero-order valence-corrected chi connectivity index (χ0v) is 11.6. The quantitative estimate of drug-likeness (QED) is 0.894. The average molecular weight is 248 g/mol. The van der Waals surface area contributed by atoms with Crippen molar-refractivity contribution in [3.8, 4) is 5.75 Å². The minimum Gasteiger partial charge on any atom is -0.496 e. The fourth-order valence-corrected chi connectivity index (χ4v) is 2.78. The molecule has 0 aliphatic heterocycles. The van der Waals surface area contributed by atoms with Gasteiger partial charge in [-0.25, -0.2) is 0 Å². The minimum absolute atomic E-state index is 0.409. The number of rotatable bonds is 3. The Bertz CT molecular complexity index is 397. The first-order valence-electron chi connectivity index (χ1n) is 6.75. The molecule has 18 heavy (non-hydrogen) atoms. The van der Waals surface area contributed by atoms with E-state index in [0.717, 1.165) is 18.6 Å². The van der Waals surface area contributed by atoms with Crippen LogP contribution in [-0.4, -0.2) is 26.2 Å². The Morgan fingerprint density at radius 2 is 1.89 bits per heavy atom. The molecule has 0 heterocycles. The van der Waals surface area contributed by atoms with Gasteiger partial charge in [-0.15, -0.1) is 0 Å². The molecule has 1 saturated carbocycles. The van der Waals surface area contributed by atoms with E-state index in [0.29, 0.717) is 12.1 Å². The van der Waals surface area contributed by atoms with Crippen molar-refractivity contribution in [1.82, 2.24) is 0 Å². The number of aryl methyl sites for hydroxylation is 1. The molecule has 0 unspecified atom stereocenters. The summed E-state index contributed by atoms with van der Waals surface area (Å²) in [5.74, 6) is 0.956. The summed E-state index contributed by atoms with van der Waals surface area (Å²) in [5.41, 5.74) is 8.42. The van der Waals surface area contributed by atoms with E-state index >= 15 is 0 Å². The smallest absolute Gasteiger partial charge is 0.121 e. The number of hydrogen-bond donors (Lipinski definition) is 1. The van der Waals surface area contributed by atoms with Crippen LogP contribution in [0, 0.1) is 6.92 Å². The highest BCUT2D eigenvalue weighted by molar-refractivity contribution is 5.53. The standard InChI is InChI=1S/C15H24N2O/c1-11-10-14(8-9-15(11)18-3)17(2)13-6-4-12(16)5-7-13/h8-10,12-13H,4-7,16H2,1-3H3. The molecule has 100 valence electrons. The molecular formula is C15H24N2O. The van der Waals surface area contributed by atoms with Crippen LogP contribution in [0.1, 0.15) is 31.2 Å². The van der Waals surface area contributed by atoms with Gasteiger partial charge < -0.3 is 15.4 Å². The molecule has 0 saturated heterocycles. The normalized spacial score (nSPS) is 23.8. The van der Waals surface area contributed by atoms with Crippen molar-refractivity contribution in [1.29, 1.82) is 0 Å². The lowest BCUT2D eigenvalue weighted by molar-refractivity contribution is 0.384. The summed E-state index contributed by atoms with van der Waals surface area (Å²) in [6.07, 6.45) is 4.68. The molecule has 2 N–H and O–H groups in total. The predicted octanol–water partition coefficient (Wildman–Crippen LogP) is 2.71. The Kier molecular flexibility index (Phi) is 4.12. The molecule has 0 bridgehead atoms. The molecule has 3 nitrogen and oxygen atoms in total. The van der Waals surface area contributed by atoms with Gasteiger partial charge in [-0.05, 0) is 56.4 Å². The topological polar surface area (TPSA) is 38.5 Å². The Balaban J connectivity index is 2.08. The number of anilines is 1. The second kappa shape index (κ2) is 5.61. The van der Waals surface area contributed by atoms with Crippen LogP contribution in [0.4, 0.5) is 5.69 Å². The summed E-state index contributed by atoms with van der Waals surface area (Å²) >= 11 is 0. The molecule has 0 amide bonds. The molecule has 0 radical (unpaired) electrons. The van der Waals surface area contributed by atoms with Gasteiger partial charge in [-0.1, -0.05) is 0 Å². The zero-order valence-electron chi connectivity index (χ0n) is 11.6. The van der Waals surface area contributed by atoms with Gasteiger partial charge in [0.25, 0.3) is 0 Å². The van der Waals surface area contributed by atoms with Crippen molar-refractivity contribution in [2.24, 2.45) is 5.73 Å². The lowest BCUT2D eigenvalue weighted by Gasteiger charge is -2.35. The first-order valence-corrected chi connectivity index (χ1v) is 6.75. The van der Waals surface area contributed by atoms with Gasteiger partial charge >= 0.3 is 0 Å². The molecule has 0 spiro atoms. The molecule has 1 aromatic rings. The Labute approximate surface area is 110 Å². The number of nitrogens with zero attached hydrogens (tertiary/aromatic N) is 1. The van der Waals surface area contributed by atoms with Crippen molar-refractivity contribution >= 4 is 5.69 Å². The summed E-state index contributed by atoms with van der Waals surface area (Å²) in [6.45, 7) is 2.09.